The lowest BCUT2D eigenvalue weighted by molar-refractivity contribution is 0.0533. The maximum absolute atomic E-state index is 14.9. The number of methoxy groups -OCH3 is 1. The predicted octanol–water partition coefficient (Wildman–Crippen LogP) is 4.32. The van der Waals surface area contributed by atoms with Gasteiger partial charge in [0.2, 0.25) is 0 Å². The summed E-state index contributed by atoms with van der Waals surface area (Å²) in [5, 5.41) is 7.92. The molecule has 1 aliphatic heterocycles. The molecule has 0 bridgehead atoms. The Morgan fingerprint density at radius 3 is 2.28 bits per heavy atom. The van der Waals surface area contributed by atoms with Gasteiger partial charge < -0.3 is 14.5 Å². The molecule has 10 heteroatoms. The van der Waals surface area contributed by atoms with Crippen molar-refractivity contribution in [2.75, 3.05) is 33.3 Å². The summed E-state index contributed by atoms with van der Waals surface area (Å²) in [6.45, 7) is 1.12. The summed E-state index contributed by atoms with van der Waals surface area (Å²) in [5.41, 5.74) is 2.88. The molecule has 3 heterocycles. The number of ether oxygens (including phenoxy) is 1. The fraction of sp³-hybridized carbons (Fsp3) is 0.182. The Hall–Kier alpha value is -5.38. The Kier molecular flexibility index (Phi) is 7.65. The molecule has 9 nitrogen and oxygen atoms in total. The standard InChI is InChI=1S/C33H28FN5O4/c1-43-30-9-5-4-7-23(30)27-20-35-13-12-25(27)32(41)38-14-16-39(17-15-38)33(42)26-18-21(10-11-28(26)34)19-29-22-6-2-3-8-24(22)31(40)37-36-29/h2-13,18,20H,14-17,19H2,1H3,(H,37,40). The second-order valence-corrected chi connectivity index (χ2v) is 10.2. The number of hydrogen-bond donors (Lipinski definition) is 1. The molecular weight excluding hydrogens is 549 g/mol. The Morgan fingerprint density at radius 2 is 1.53 bits per heavy atom. The summed E-state index contributed by atoms with van der Waals surface area (Å²) < 4.78 is 20.4. The number of pyridine rings is 1. The summed E-state index contributed by atoms with van der Waals surface area (Å²) in [4.78, 5) is 46.7. The Morgan fingerprint density at radius 1 is 0.860 bits per heavy atom. The van der Waals surface area contributed by atoms with E-state index in [1.54, 1.807) is 53.6 Å². The van der Waals surface area contributed by atoms with Gasteiger partial charge in [-0.15, -0.1) is 0 Å². The van der Waals surface area contributed by atoms with E-state index in [1.807, 2.05) is 36.4 Å². The average Bonchev–Trinajstić information content (AvgIpc) is 3.06. The van der Waals surface area contributed by atoms with Crippen molar-refractivity contribution in [3.05, 3.63) is 124 Å². The van der Waals surface area contributed by atoms with Crippen LogP contribution in [0.4, 0.5) is 4.39 Å². The van der Waals surface area contributed by atoms with Crippen LogP contribution >= 0.6 is 0 Å². The van der Waals surface area contributed by atoms with Gasteiger partial charge in [-0.25, -0.2) is 9.49 Å². The highest BCUT2D eigenvalue weighted by Crippen LogP contribution is 2.32. The van der Waals surface area contributed by atoms with Crippen LogP contribution in [0.2, 0.25) is 0 Å². The molecule has 6 rings (SSSR count). The van der Waals surface area contributed by atoms with E-state index in [2.05, 4.69) is 15.2 Å². The molecule has 2 amide bonds. The minimum absolute atomic E-state index is 0.0430. The predicted molar refractivity (Wildman–Crippen MR) is 160 cm³/mol. The molecule has 216 valence electrons. The maximum Gasteiger partial charge on any atom is 0.272 e. The number of hydrogen-bond acceptors (Lipinski definition) is 6. The summed E-state index contributed by atoms with van der Waals surface area (Å²) in [6, 6.07) is 20.7. The molecule has 0 spiro atoms. The molecule has 0 radical (unpaired) electrons. The Bertz CT molecular complexity index is 1900. The van der Waals surface area contributed by atoms with Crippen LogP contribution < -0.4 is 10.3 Å². The lowest BCUT2D eigenvalue weighted by Crippen LogP contribution is -2.50. The van der Waals surface area contributed by atoms with Gasteiger partial charge in [0.05, 0.1) is 29.3 Å². The second kappa shape index (κ2) is 11.8. The number of fused-ring (bicyclic) bond motifs is 1. The zero-order chi connectivity index (χ0) is 29.9. The first kappa shape index (κ1) is 27.8. The van der Waals surface area contributed by atoms with Crippen LogP contribution in [-0.2, 0) is 6.42 Å². The lowest BCUT2D eigenvalue weighted by Gasteiger charge is -2.35. The number of para-hydroxylation sites is 1. The number of nitrogens with one attached hydrogen (secondary N) is 1. The van der Waals surface area contributed by atoms with E-state index in [9.17, 15) is 18.8 Å². The largest absolute Gasteiger partial charge is 0.496 e. The van der Waals surface area contributed by atoms with Crippen LogP contribution in [0.15, 0.2) is 90.0 Å². The number of aromatic amines is 1. The van der Waals surface area contributed by atoms with Gasteiger partial charge in [-0.3, -0.25) is 19.4 Å². The molecule has 1 N–H and O–H groups in total. The van der Waals surface area contributed by atoms with Gasteiger partial charge in [-0.2, -0.15) is 5.10 Å². The summed E-state index contributed by atoms with van der Waals surface area (Å²) in [5.74, 6) is -0.605. The lowest BCUT2D eigenvalue weighted by atomic mass is 10.00. The maximum atomic E-state index is 14.9. The monoisotopic (exact) mass is 577 g/mol. The Balaban J connectivity index is 1.17. The highest BCUT2D eigenvalue weighted by Gasteiger charge is 2.28. The van der Waals surface area contributed by atoms with Crippen molar-refractivity contribution in [1.82, 2.24) is 25.0 Å². The SMILES string of the molecule is COc1ccccc1-c1cnccc1C(=O)N1CCN(C(=O)c2cc(Cc3n[nH]c(=O)c4ccccc34)ccc2F)CC1. The van der Waals surface area contributed by atoms with Gasteiger partial charge in [0.1, 0.15) is 11.6 Å². The number of H-pyrrole nitrogens is 1. The fourth-order valence-electron chi connectivity index (χ4n) is 5.46. The first-order valence-electron chi connectivity index (χ1n) is 13.8. The number of carbonyl (C=O) groups excluding carboxylic acids is 2. The molecule has 0 unspecified atom stereocenters. The van der Waals surface area contributed by atoms with Crippen LogP contribution in [0, 0.1) is 5.82 Å². The molecule has 3 aromatic carbocycles. The molecule has 1 aliphatic rings. The van der Waals surface area contributed by atoms with Gasteiger partial charge in [-0.05, 0) is 35.9 Å². The molecule has 1 saturated heterocycles. The van der Waals surface area contributed by atoms with E-state index in [0.717, 1.165) is 5.56 Å². The molecule has 5 aromatic rings. The smallest absolute Gasteiger partial charge is 0.272 e. The summed E-state index contributed by atoms with van der Waals surface area (Å²) in [6.07, 6.45) is 3.53. The summed E-state index contributed by atoms with van der Waals surface area (Å²) >= 11 is 0. The van der Waals surface area contributed by atoms with Gasteiger partial charge in [-0.1, -0.05) is 42.5 Å². The van der Waals surface area contributed by atoms with Crippen molar-refractivity contribution in [1.29, 1.82) is 0 Å². The highest BCUT2D eigenvalue weighted by atomic mass is 19.1. The van der Waals surface area contributed by atoms with Crippen LogP contribution in [-0.4, -0.2) is 70.1 Å². The fourth-order valence-corrected chi connectivity index (χ4v) is 5.46. The molecule has 1 fully saturated rings. The normalized spacial score (nSPS) is 13.3. The third-order valence-electron chi connectivity index (χ3n) is 7.71. The van der Waals surface area contributed by atoms with Gasteiger partial charge in [0.25, 0.3) is 17.4 Å². The first-order chi connectivity index (χ1) is 20.9. The van der Waals surface area contributed by atoms with Gasteiger partial charge >= 0.3 is 0 Å². The van der Waals surface area contributed by atoms with E-state index >= 15 is 0 Å². The zero-order valence-electron chi connectivity index (χ0n) is 23.4. The van der Waals surface area contributed by atoms with Crippen molar-refractivity contribution in [3.63, 3.8) is 0 Å². The number of nitrogens with zero attached hydrogens (tertiary/aromatic N) is 4. The number of halogens is 1. The molecule has 0 saturated carbocycles. The molecule has 0 atom stereocenters. The van der Waals surface area contributed by atoms with Crippen LogP contribution in [0.1, 0.15) is 32.0 Å². The average molecular weight is 578 g/mol. The van der Waals surface area contributed by atoms with Gasteiger partial charge in [0.15, 0.2) is 0 Å². The topological polar surface area (TPSA) is 108 Å². The van der Waals surface area contributed by atoms with Crippen molar-refractivity contribution in [2.24, 2.45) is 0 Å². The summed E-state index contributed by atoms with van der Waals surface area (Å²) in [7, 11) is 1.58. The van der Waals surface area contributed by atoms with E-state index in [1.165, 1.54) is 12.1 Å². The molecular formula is C33H28FN5O4. The number of benzene rings is 3. The highest BCUT2D eigenvalue weighted by molar-refractivity contribution is 6.01. The van der Waals surface area contributed by atoms with Crippen LogP contribution in [0.5, 0.6) is 5.75 Å². The van der Waals surface area contributed by atoms with Crippen LogP contribution in [0.3, 0.4) is 0 Å². The molecule has 0 aliphatic carbocycles. The number of piperazine rings is 1. The quantitative estimate of drug-likeness (QED) is 0.322. The van der Waals surface area contributed by atoms with Crippen LogP contribution in [0.25, 0.3) is 21.9 Å². The van der Waals surface area contributed by atoms with Crippen molar-refractivity contribution in [2.45, 2.75) is 6.42 Å². The van der Waals surface area contributed by atoms with E-state index in [4.69, 9.17) is 4.74 Å². The second-order valence-electron chi connectivity index (χ2n) is 10.2. The van der Waals surface area contributed by atoms with Gasteiger partial charge in [0, 0.05) is 61.5 Å². The van der Waals surface area contributed by atoms with E-state index in [0.29, 0.717) is 58.4 Å². The number of aromatic nitrogens is 3. The number of carbonyl (C=O) groups is 2. The zero-order valence-corrected chi connectivity index (χ0v) is 23.4. The minimum atomic E-state index is -0.621. The third kappa shape index (κ3) is 5.46. The number of amides is 2. The third-order valence-corrected chi connectivity index (χ3v) is 7.71. The van der Waals surface area contributed by atoms with E-state index < -0.39 is 11.7 Å². The Labute approximate surface area is 246 Å². The first-order valence-corrected chi connectivity index (χ1v) is 13.8. The van der Waals surface area contributed by atoms with E-state index in [-0.39, 0.29) is 30.1 Å². The van der Waals surface area contributed by atoms with Crippen molar-refractivity contribution in [3.8, 4) is 16.9 Å². The molecule has 2 aromatic heterocycles. The van der Waals surface area contributed by atoms with Crippen molar-refractivity contribution < 1.29 is 18.7 Å². The number of rotatable bonds is 6. The van der Waals surface area contributed by atoms with Crippen molar-refractivity contribution >= 4 is 22.6 Å². The molecule has 43 heavy (non-hydrogen) atoms. The minimum Gasteiger partial charge on any atom is -0.496 e.